The van der Waals surface area contributed by atoms with E-state index in [1.807, 2.05) is 37.3 Å². The second kappa shape index (κ2) is 6.66. The number of aliphatic hydroxyl groups is 1. The molecule has 1 aromatic rings. The van der Waals surface area contributed by atoms with Crippen molar-refractivity contribution in [3.8, 4) is 0 Å². The minimum absolute atomic E-state index is 0.672. The molecule has 90 valence electrons. The van der Waals surface area contributed by atoms with Crippen molar-refractivity contribution in [2.45, 2.75) is 38.2 Å². The molecule has 0 aromatic heterocycles. The molecule has 0 radical (unpaired) electrons. The number of ether oxygens (including phenoxy) is 1. The third-order valence-corrected chi connectivity index (χ3v) is 3.08. The highest BCUT2D eigenvalue weighted by Gasteiger charge is 2.25. The van der Waals surface area contributed by atoms with Crippen LogP contribution < -0.4 is 0 Å². The molecule has 1 atom stereocenters. The summed E-state index contributed by atoms with van der Waals surface area (Å²) >= 11 is 0. The molecule has 2 nitrogen and oxygen atoms in total. The van der Waals surface area contributed by atoms with Gasteiger partial charge in [-0.2, -0.15) is 0 Å². The van der Waals surface area contributed by atoms with Crippen LogP contribution in [0.2, 0.25) is 0 Å². The first-order chi connectivity index (χ1) is 7.73. The maximum atomic E-state index is 10.5. The van der Waals surface area contributed by atoms with E-state index in [0.29, 0.717) is 0 Å². The highest BCUT2D eigenvalue weighted by Crippen LogP contribution is 2.30. The van der Waals surface area contributed by atoms with Gasteiger partial charge in [0.25, 0.3) is 0 Å². The summed E-state index contributed by atoms with van der Waals surface area (Å²) in [6.07, 6.45) is 3.56. The molecular weight excluding hydrogens is 200 g/mol. The molecule has 1 aromatic carbocycles. The molecule has 0 heterocycles. The number of methoxy groups -OCH3 is 1. The topological polar surface area (TPSA) is 29.5 Å². The van der Waals surface area contributed by atoms with Gasteiger partial charge in [0.1, 0.15) is 0 Å². The fourth-order valence-electron chi connectivity index (χ4n) is 1.94. The van der Waals surface area contributed by atoms with Crippen molar-refractivity contribution in [1.29, 1.82) is 0 Å². The van der Waals surface area contributed by atoms with Gasteiger partial charge in [-0.3, -0.25) is 0 Å². The van der Waals surface area contributed by atoms with Crippen LogP contribution in [0.15, 0.2) is 30.3 Å². The molecule has 1 N–H and O–H groups in total. The smallest absolute Gasteiger partial charge is 0.0894 e. The Balaban J connectivity index is 2.56. The average molecular weight is 222 g/mol. The van der Waals surface area contributed by atoms with E-state index in [2.05, 4.69) is 0 Å². The number of hydrogen-bond donors (Lipinski definition) is 1. The number of unbranched alkanes of at least 4 members (excludes halogenated alkanes) is 1. The van der Waals surface area contributed by atoms with Crippen LogP contribution in [0.4, 0.5) is 0 Å². The second-order valence-corrected chi connectivity index (χ2v) is 4.20. The molecule has 16 heavy (non-hydrogen) atoms. The highest BCUT2D eigenvalue weighted by atomic mass is 16.5. The Morgan fingerprint density at radius 1 is 1.19 bits per heavy atom. The minimum Gasteiger partial charge on any atom is -0.385 e. The molecule has 0 saturated carbocycles. The van der Waals surface area contributed by atoms with E-state index in [1.165, 1.54) is 0 Å². The van der Waals surface area contributed by atoms with Gasteiger partial charge < -0.3 is 9.84 Å². The Labute approximate surface area is 98.3 Å². The summed E-state index contributed by atoms with van der Waals surface area (Å²) in [6.45, 7) is 2.80. The monoisotopic (exact) mass is 222 g/mol. The van der Waals surface area contributed by atoms with E-state index >= 15 is 0 Å². The molecule has 0 aliphatic rings. The molecule has 0 fully saturated rings. The van der Waals surface area contributed by atoms with Crippen LogP contribution in [0.25, 0.3) is 0 Å². The predicted octanol–water partition coefficient (Wildman–Crippen LogP) is 3.10. The normalized spacial score (nSPS) is 14.7. The first-order valence-electron chi connectivity index (χ1n) is 6.00. The maximum Gasteiger partial charge on any atom is 0.0894 e. The molecule has 0 bridgehead atoms. The van der Waals surface area contributed by atoms with E-state index < -0.39 is 5.60 Å². The molecule has 0 saturated heterocycles. The first-order valence-corrected chi connectivity index (χ1v) is 6.00. The van der Waals surface area contributed by atoms with Crippen molar-refractivity contribution in [1.82, 2.24) is 0 Å². The van der Waals surface area contributed by atoms with Crippen LogP contribution in [-0.2, 0) is 10.3 Å². The lowest BCUT2D eigenvalue weighted by molar-refractivity contribution is 0.0191. The van der Waals surface area contributed by atoms with Crippen LogP contribution in [0.1, 0.15) is 38.2 Å². The predicted molar refractivity (Wildman–Crippen MR) is 66.4 cm³/mol. The molecule has 1 rings (SSSR count). The third kappa shape index (κ3) is 3.62. The maximum absolute atomic E-state index is 10.5. The molecule has 0 amide bonds. The summed E-state index contributed by atoms with van der Waals surface area (Å²) in [7, 11) is 1.71. The average Bonchev–Trinajstić information content (AvgIpc) is 2.35. The molecule has 1 unspecified atom stereocenters. The molecule has 0 aliphatic carbocycles. The lowest BCUT2D eigenvalue weighted by Gasteiger charge is -2.27. The largest absolute Gasteiger partial charge is 0.385 e. The van der Waals surface area contributed by atoms with Gasteiger partial charge in [0.15, 0.2) is 0 Å². The Hall–Kier alpha value is -0.860. The number of rotatable bonds is 7. The summed E-state index contributed by atoms with van der Waals surface area (Å²) in [6, 6.07) is 9.93. The van der Waals surface area contributed by atoms with Gasteiger partial charge in [0.2, 0.25) is 0 Å². The summed E-state index contributed by atoms with van der Waals surface area (Å²) in [5.74, 6) is 0. The molecular formula is C14H22O2. The molecule has 0 aliphatic heterocycles. The van der Waals surface area contributed by atoms with E-state index in [-0.39, 0.29) is 0 Å². The summed E-state index contributed by atoms with van der Waals surface area (Å²) in [5, 5.41) is 10.5. The highest BCUT2D eigenvalue weighted by molar-refractivity contribution is 5.21. The van der Waals surface area contributed by atoms with E-state index in [1.54, 1.807) is 7.11 Å². The zero-order valence-electron chi connectivity index (χ0n) is 10.3. The van der Waals surface area contributed by atoms with Gasteiger partial charge in [0, 0.05) is 13.7 Å². The lowest BCUT2D eigenvalue weighted by atomic mass is 9.86. The Kier molecular flexibility index (Phi) is 5.50. The van der Waals surface area contributed by atoms with Gasteiger partial charge in [-0.1, -0.05) is 37.3 Å². The lowest BCUT2D eigenvalue weighted by Crippen LogP contribution is -2.24. The standard InChI is InChI=1S/C14H22O2/c1-3-14(15,11-7-8-12-16-2)13-9-5-4-6-10-13/h4-6,9-10,15H,3,7-8,11-12H2,1-2H3. The fourth-order valence-corrected chi connectivity index (χ4v) is 1.94. The van der Waals surface area contributed by atoms with Gasteiger partial charge >= 0.3 is 0 Å². The van der Waals surface area contributed by atoms with Crippen LogP contribution in [0.5, 0.6) is 0 Å². The molecule has 2 heteroatoms. The third-order valence-electron chi connectivity index (χ3n) is 3.08. The number of benzene rings is 1. The SMILES string of the molecule is CCC(O)(CCCCOC)c1ccccc1. The first kappa shape index (κ1) is 13.2. The number of hydrogen-bond acceptors (Lipinski definition) is 2. The summed E-state index contributed by atoms with van der Waals surface area (Å²) < 4.78 is 5.01. The Morgan fingerprint density at radius 2 is 1.88 bits per heavy atom. The van der Waals surface area contributed by atoms with Crippen molar-refractivity contribution in [3.05, 3.63) is 35.9 Å². The summed E-state index contributed by atoms with van der Waals surface area (Å²) in [4.78, 5) is 0. The van der Waals surface area contributed by atoms with Crippen LogP contribution in [0.3, 0.4) is 0 Å². The molecule has 0 spiro atoms. The zero-order chi connectivity index (χ0) is 11.9. The van der Waals surface area contributed by atoms with Crippen molar-refractivity contribution in [3.63, 3.8) is 0 Å². The zero-order valence-corrected chi connectivity index (χ0v) is 10.3. The van der Waals surface area contributed by atoms with E-state index in [9.17, 15) is 5.11 Å². The van der Waals surface area contributed by atoms with Gasteiger partial charge in [0.05, 0.1) is 5.60 Å². The van der Waals surface area contributed by atoms with Gasteiger partial charge in [-0.25, -0.2) is 0 Å². The van der Waals surface area contributed by atoms with Crippen molar-refractivity contribution in [2.75, 3.05) is 13.7 Å². The Morgan fingerprint density at radius 3 is 2.44 bits per heavy atom. The van der Waals surface area contributed by atoms with Gasteiger partial charge in [-0.15, -0.1) is 0 Å². The second-order valence-electron chi connectivity index (χ2n) is 4.20. The quantitative estimate of drug-likeness (QED) is 0.718. The van der Waals surface area contributed by atoms with Crippen molar-refractivity contribution in [2.24, 2.45) is 0 Å². The van der Waals surface area contributed by atoms with Crippen LogP contribution >= 0.6 is 0 Å². The van der Waals surface area contributed by atoms with Crippen LogP contribution in [0, 0.1) is 0 Å². The van der Waals surface area contributed by atoms with E-state index in [4.69, 9.17) is 4.74 Å². The Bertz CT molecular complexity index is 284. The van der Waals surface area contributed by atoms with Crippen LogP contribution in [-0.4, -0.2) is 18.8 Å². The summed E-state index contributed by atoms with van der Waals surface area (Å²) in [5.41, 5.74) is 0.351. The fraction of sp³-hybridized carbons (Fsp3) is 0.571. The van der Waals surface area contributed by atoms with Gasteiger partial charge in [-0.05, 0) is 31.2 Å². The minimum atomic E-state index is -0.672. The van der Waals surface area contributed by atoms with E-state index in [0.717, 1.165) is 37.9 Å². The van der Waals surface area contributed by atoms with Crippen molar-refractivity contribution >= 4 is 0 Å². The van der Waals surface area contributed by atoms with Crippen molar-refractivity contribution < 1.29 is 9.84 Å².